The maximum atomic E-state index is 4.10. The van der Waals surface area contributed by atoms with Gasteiger partial charge < -0.3 is 0 Å². The Morgan fingerprint density at radius 2 is 2.40 bits per heavy atom. The van der Waals surface area contributed by atoms with Crippen LogP contribution < -0.4 is 0 Å². The normalized spacial score (nSPS) is 13.5. The SMILES string of the molecule is CC[C@H](C)c1cnn(C)c1. The van der Waals surface area contributed by atoms with Crippen LogP contribution in [0.5, 0.6) is 0 Å². The summed E-state index contributed by atoms with van der Waals surface area (Å²) in [5.41, 5.74) is 1.34. The van der Waals surface area contributed by atoms with E-state index in [4.69, 9.17) is 0 Å². The molecule has 0 N–H and O–H groups in total. The number of aromatic nitrogens is 2. The molecule has 0 amide bonds. The molecule has 0 saturated heterocycles. The second-order valence-corrected chi connectivity index (χ2v) is 2.76. The first-order valence-corrected chi connectivity index (χ1v) is 3.72. The largest absolute Gasteiger partial charge is 0.276 e. The van der Waals surface area contributed by atoms with Gasteiger partial charge in [-0.2, -0.15) is 5.10 Å². The van der Waals surface area contributed by atoms with E-state index in [0.29, 0.717) is 5.92 Å². The summed E-state index contributed by atoms with van der Waals surface area (Å²) in [5.74, 6) is 0.647. The summed E-state index contributed by atoms with van der Waals surface area (Å²) in [7, 11) is 1.95. The first-order chi connectivity index (χ1) is 4.74. The predicted molar refractivity (Wildman–Crippen MR) is 41.9 cm³/mol. The number of hydrogen-bond donors (Lipinski definition) is 0. The zero-order valence-electron chi connectivity index (χ0n) is 6.83. The zero-order valence-corrected chi connectivity index (χ0v) is 6.83. The highest BCUT2D eigenvalue weighted by molar-refractivity contribution is 5.09. The lowest BCUT2D eigenvalue weighted by Gasteiger charge is -2.02. The van der Waals surface area contributed by atoms with Crippen molar-refractivity contribution >= 4 is 0 Å². The van der Waals surface area contributed by atoms with Crippen LogP contribution in [-0.4, -0.2) is 9.78 Å². The molecule has 56 valence electrons. The minimum absolute atomic E-state index is 0.647. The van der Waals surface area contributed by atoms with E-state index < -0.39 is 0 Å². The van der Waals surface area contributed by atoms with Gasteiger partial charge in [0, 0.05) is 13.2 Å². The second kappa shape index (κ2) is 2.86. The molecule has 2 heteroatoms. The maximum Gasteiger partial charge on any atom is 0.0524 e. The van der Waals surface area contributed by atoms with Crippen LogP contribution in [0.4, 0.5) is 0 Å². The molecule has 0 saturated carbocycles. The quantitative estimate of drug-likeness (QED) is 0.610. The van der Waals surface area contributed by atoms with Crippen molar-refractivity contribution in [3.05, 3.63) is 18.0 Å². The predicted octanol–water partition coefficient (Wildman–Crippen LogP) is 1.93. The van der Waals surface area contributed by atoms with E-state index in [1.807, 2.05) is 17.9 Å². The number of nitrogens with zero attached hydrogens (tertiary/aromatic N) is 2. The molecule has 0 aliphatic carbocycles. The molecular weight excluding hydrogens is 124 g/mol. The fourth-order valence-corrected chi connectivity index (χ4v) is 0.930. The van der Waals surface area contributed by atoms with Crippen molar-refractivity contribution in [1.29, 1.82) is 0 Å². The Kier molecular flexibility index (Phi) is 2.10. The molecule has 0 aliphatic rings. The number of rotatable bonds is 2. The monoisotopic (exact) mass is 138 g/mol. The van der Waals surface area contributed by atoms with Gasteiger partial charge in [0.05, 0.1) is 6.20 Å². The van der Waals surface area contributed by atoms with Gasteiger partial charge in [-0.1, -0.05) is 13.8 Å². The van der Waals surface area contributed by atoms with Crippen LogP contribution in [0.1, 0.15) is 31.7 Å². The van der Waals surface area contributed by atoms with Gasteiger partial charge in [-0.15, -0.1) is 0 Å². The topological polar surface area (TPSA) is 17.8 Å². The Balaban J connectivity index is 2.74. The van der Waals surface area contributed by atoms with Gasteiger partial charge >= 0.3 is 0 Å². The van der Waals surface area contributed by atoms with Gasteiger partial charge in [0.15, 0.2) is 0 Å². The Morgan fingerprint density at radius 1 is 1.70 bits per heavy atom. The van der Waals surface area contributed by atoms with E-state index in [2.05, 4.69) is 25.1 Å². The Morgan fingerprint density at radius 3 is 2.80 bits per heavy atom. The molecule has 0 bridgehead atoms. The van der Waals surface area contributed by atoms with Gasteiger partial charge in [0.1, 0.15) is 0 Å². The summed E-state index contributed by atoms with van der Waals surface area (Å²) in [4.78, 5) is 0. The number of hydrogen-bond acceptors (Lipinski definition) is 1. The van der Waals surface area contributed by atoms with Crippen molar-refractivity contribution in [1.82, 2.24) is 9.78 Å². The van der Waals surface area contributed by atoms with Gasteiger partial charge in [-0.05, 0) is 17.9 Å². The van der Waals surface area contributed by atoms with Gasteiger partial charge in [0.25, 0.3) is 0 Å². The van der Waals surface area contributed by atoms with Crippen LogP contribution in [0.15, 0.2) is 12.4 Å². The molecule has 1 aromatic heterocycles. The molecule has 1 rings (SSSR count). The fourth-order valence-electron chi connectivity index (χ4n) is 0.930. The highest BCUT2D eigenvalue weighted by atomic mass is 15.2. The van der Waals surface area contributed by atoms with E-state index >= 15 is 0 Å². The first-order valence-electron chi connectivity index (χ1n) is 3.72. The first kappa shape index (κ1) is 7.32. The molecule has 0 fully saturated rings. The lowest BCUT2D eigenvalue weighted by atomic mass is 10.0. The summed E-state index contributed by atoms with van der Waals surface area (Å²) in [6, 6.07) is 0. The third-order valence-corrected chi connectivity index (χ3v) is 1.91. The molecule has 1 atom stereocenters. The molecule has 2 nitrogen and oxygen atoms in total. The fraction of sp³-hybridized carbons (Fsp3) is 0.625. The summed E-state index contributed by atoms with van der Waals surface area (Å²) < 4.78 is 1.85. The minimum atomic E-state index is 0.647. The molecule has 10 heavy (non-hydrogen) atoms. The van der Waals surface area contributed by atoms with E-state index in [0.717, 1.165) is 0 Å². The zero-order chi connectivity index (χ0) is 7.56. The van der Waals surface area contributed by atoms with Crippen molar-refractivity contribution in [2.24, 2.45) is 7.05 Å². The molecule has 0 aromatic carbocycles. The summed E-state index contributed by atoms with van der Waals surface area (Å²) >= 11 is 0. The molecule has 1 aromatic rings. The van der Waals surface area contributed by atoms with Gasteiger partial charge in [-0.25, -0.2) is 0 Å². The van der Waals surface area contributed by atoms with Crippen molar-refractivity contribution < 1.29 is 0 Å². The van der Waals surface area contributed by atoms with Crippen molar-refractivity contribution in [3.63, 3.8) is 0 Å². The Labute approximate surface area is 61.9 Å². The third-order valence-electron chi connectivity index (χ3n) is 1.91. The van der Waals surface area contributed by atoms with Crippen LogP contribution in [0.3, 0.4) is 0 Å². The maximum absolute atomic E-state index is 4.10. The molecule has 0 aliphatic heterocycles. The molecule has 0 unspecified atom stereocenters. The van der Waals surface area contributed by atoms with Crippen LogP contribution in [0.25, 0.3) is 0 Å². The second-order valence-electron chi connectivity index (χ2n) is 2.76. The van der Waals surface area contributed by atoms with Crippen LogP contribution in [0, 0.1) is 0 Å². The van der Waals surface area contributed by atoms with Crippen molar-refractivity contribution in [3.8, 4) is 0 Å². The molecule has 1 heterocycles. The van der Waals surface area contributed by atoms with Gasteiger partial charge in [-0.3, -0.25) is 4.68 Å². The lowest BCUT2D eigenvalue weighted by molar-refractivity contribution is 0.728. The highest BCUT2D eigenvalue weighted by Crippen LogP contribution is 2.16. The minimum Gasteiger partial charge on any atom is -0.276 e. The Bertz CT molecular complexity index is 203. The summed E-state index contributed by atoms with van der Waals surface area (Å²) in [5, 5.41) is 4.10. The van der Waals surface area contributed by atoms with E-state index in [-0.39, 0.29) is 0 Å². The standard InChI is InChI=1S/C8H14N2/c1-4-7(2)8-5-9-10(3)6-8/h5-7H,4H2,1-3H3/t7-/m0/s1. The third kappa shape index (κ3) is 1.38. The molecule has 0 radical (unpaired) electrons. The van der Waals surface area contributed by atoms with E-state index in [1.165, 1.54) is 12.0 Å². The van der Waals surface area contributed by atoms with E-state index in [9.17, 15) is 0 Å². The Hall–Kier alpha value is -0.790. The average Bonchev–Trinajstić information content (AvgIpc) is 2.34. The van der Waals surface area contributed by atoms with Crippen LogP contribution in [-0.2, 0) is 7.05 Å². The van der Waals surface area contributed by atoms with E-state index in [1.54, 1.807) is 0 Å². The average molecular weight is 138 g/mol. The van der Waals surface area contributed by atoms with Crippen LogP contribution in [0.2, 0.25) is 0 Å². The molecule has 0 spiro atoms. The van der Waals surface area contributed by atoms with Crippen molar-refractivity contribution in [2.75, 3.05) is 0 Å². The lowest BCUT2D eigenvalue weighted by Crippen LogP contribution is -1.88. The van der Waals surface area contributed by atoms with Crippen LogP contribution >= 0.6 is 0 Å². The van der Waals surface area contributed by atoms with Crippen molar-refractivity contribution in [2.45, 2.75) is 26.2 Å². The smallest absolute Gasteiger partial charge is 0.0524 e. The van der Waals surface area contributed by atoms with Gasteiger partial charge in [0.2, 0.25) is 0 Å². The summed E-state index contributed by atoms with van der Waals surface area (Å²) in [6.07, 6.45) is 5.20. The molecular formula is C8H14N2. The summed E-state index contributed by atoms with van der Waals surface area (Å²) in [6.45, 7) is 4.41. The number of aryl methyl sites for hydroxylation is 1. The highest BCUT2D eigenvalue weighted by Gasteiger charge is 2.03.